The summed E-state index contributed by atoms with van der Waals surface area (Å²) in [6, 6.07) is 5.15. The predicted molar refractivity (Wildman–Crippen MR) is 77.6 cm³/mol. The highest BCUT2D eigenvalue weighted by Crippen LogP contribution is 2.29. The van der Waals surface area contributed by atoms with Gasteiger partial charge in [-0.15, -0.1) is 0 Å². The van der Waals surface area contributed by atoms with Crippen LogP contribution in [-0.4, -0.2) is 31.6 Å². The van der Waals surface area contributed by atoms with Crippen LogP contribution in [0.5, 0.6) is 0 Å². The fourth-order valence-corrected chi connectivity index (χ4v) is 3.27. The van der Waals surface area contributed by atoms with Gasteiger partial charge in [0.15, 0.2) is 0 Å². The minimum absolute atomic E-state index is 0.0641. The second-order valence-corrected chi connectivity index (χ2v) is 6.52. The lowest BCUT2D eigenvalue weighted by Gasteiger charge is -2.26. The number of aromatic amines is 1. The van der Waals surface area contributed by atoms with Gasteiger partial charge in [0.2, 0.25) is 5.91 Å². The average molecular weight is 306 g/mol. The topological polar surface area (TPSA) is 95.2 Å². The molecule has 0 aliphatic carbocycles. The number of H-pyrrole nitrogens is 1. The van der Waals surface area contributed by atoms with E-state index in [1.807, 2.05) is 0 Å². The van der Waals surface area contributed by atoms with Crippen molar-refractivity contribution in [2.24, 2.45) is 0 Å². The monoisotopic (exact) mass is 306 g/mol. The summed E-state index contributed by atoms with van der Waals surface area (Å²) in [7, 11) is -1.93. The van der Waals surface area contributed by atoms with Crippen molar-refractivity contribution in [2.75, 3.05) is 16.7 Å². The molecule has 1 aliphatic heterocycles. The van der Waals surface area contributed by atoms with Gasteiger partial charge in [0.1, 0.15) is 4.90 Å². The summed E-state index contributed by atoms with van der Waals surface area (Å²) >= 11 is 0. The van der Waals surface area contributed by atoms with Crippen molar-refractivity contribution in [1.82, 2.24) is 10.2 Å². The zero-order valence-electron chi connectivity index (χ0n) is 11.3. The van der Waals surface area contributed by atoms with Crippen LogP contribution in [0, 0.1) is 0 Å². The van der Waals surface area contributed by atoms with E-state index in [0.29, 0.717) is 18.5 Å². The molecule has 1 aliphatic rings. The number of hydrogen-bond donors (Lipinski definition) is 2. The first kappa shape index (κ1) is 13.6. The van der Waals surface area contributed by atoms with Gasteiger partial charge in [-0.25, -0.2) is 8.42 Å². The Kier molecular flexibility index (Phi) is 3.17. The van der Waals surface area contributed by atoms with Gasteiger partial charge in [0.25, 0.3) is 10.0 Å². The molecule has 21 heavy (non-hydrogen) atoms. The maximum Gasteiger partial charge on any atom is 0.265 e. The van der Waals surface area contributed by atoms with Crippen LogP contribution < -0.4 is 9.62 Å². The molecule has 0 radical (unpaired) electrons. The molecule has 110 valence electrons. The molecule has 0 spiro atoms. The highest BCUT2D eigenvalue weighted by Gasteiger charge is 2.22. The standard InChI is InChI=1S/C13H14N4O3S/c1-17-12-4-3-10(6-9(12)2-5-13(17)18)16-21(19,20)11-7-14-15-8-11/h3-4,6-8,16H,2,5H2,1H3,(H,14,15). The summed E-state index contributed by atoms with van der Waals surface area (Å²) in [5.74, 6) is 0.0641. The van der Waals surface area contributed by atoms with Gasteiger partial charge in [-0.05, 0) is 30.2 Å². The molecule has 0 unspecified atom stereocenters. The van der Waals surface area contributed by atoms with Gasteiger partial charge in [-0.3, -0.25) is 14.6 Å². The molecule has 0 bridgehead atoms. The van der Waals surface area contributed by atoms with Gasteiger partial charge in [0.05, 0.1) is 6.20 Å². The number of aromatic nitrogens is 2. The third-order valence-corrected chi connectivity index (χ3v) is 4.81. The molecule has 2 heterocycles. The average Bonchev–Trinajstić information content (AvgIpc) is 2.98. The highest BCUT2D eigenvalue weighted by molar-refractivity contribution is 7.92. The van der Waals surface area contributed by atoms with E-state index in [4.69, 9.17) is 0 Å². The van der Waals surface area contributed by atoms with E-state index >= 15 is 0 Å². The van der Waals surface area contributed by atoms with Crippen molar-refractivity contribution in [2.45, 2.75) is 17.7 Å². The Morgan fingerprint density at radius 3 is 2.86 bits per heavy atom. The fraction of sp³-hybridized carbons (Fsp3) is 0.231. The Morgan fingerprint density at radius 1 is 1.33 bits per heavy atom. The number of carbonyl (C=O) groups excluding carboxylic acids is 1. The lowest BCUT2D eigenvalue weighted by molar-refractivity contribution is -0.118. The van der Waals surface area contributed by atoms with Crippen molar-refractivity contribution in [1.29, 1.82) is 0 Å². The number of amides is 1. The van der Waals surface area contributed by atoms with E-state index in [9.17, 15) is 13.2 Å². The van der Waals surface area contributed by atoms with E-state index in [-0.39, 0.29) is 10.8 Å². The van der Waals surface area contributed by atoms with Gasteiger partial charge in [0, 0.05) is 31.0 Å². The lowest BCUT2D eigenvalue weighted by Crippen LogP contribution is -2.31. The van der Waals surface area contributed by atoms with Crippen molar-refractivity contribution in [3.05, 3.63) is 36.2 Å². The molecule has 1 amide bonds. The molecule has 0 atom stereocenters. The predicted octanol–water partition coefficient (Wildman–Crippen LogP) is 1.12. The first-order valence-electron chi connectivity index (χ1n) is 6.38. The van der Waals surface area contributed by atoms with Gasteiger partial charge in [-0.1, -0.05) is 0 Å². The van der Waals surface area contributed by atoms with E-state index in [2.05, 4.69) is 14.9 Å². The number of benzene rings is 1. The summed E-state index contributed by atoms with van der Waals surface area (Å²) in [6.07, 6.45) is 3.60. The van der Waals surface area contributed by atoms with Gasteiger partial charge >= 0.3 is 0 Å². The van der Waals surface area contributed by atoms with Crippen LogP contribution in [0.3, 0.4) is 0 Å². The SMILES string of the molecule is CN1C(=O)CCc2cc(NS(=O)(=O)c3cn[nH]c3)ccc21. The molecular weight excluding hydrogens is 292 g/mol. The van der Waals surface area contributed by atoms with E-state index in [1.54, 1.807) is 30.1 Å². The van der Waals surface area contributed by atoms with Crippen LogP contribution in [-0.2, 0) is 21.2 Å². The van der Waals surface area contributed by atoms with Crippen LogP contribution in [0.25, 0.3) is 0 Å². The minimum atomic E-state index is -3.65. The molecule has 7 nitrogen and oxygen atoms in total. The number of hydrogen-bond acceptors (Lipinski definition) is 4. The lowest BCUT2D eigenvalue weighted by atomic mass is 10.0. The molecule has 1 aromatic carbocycles. The zero-order chi connectivity index (χ0) is 15.0. The third-order valence-electron chi connectivity index (χ3n) is 3.46. The number of nitrogens with zero attached hydrogens (tertiary/aromatic N) is 2. The summed E-state index contributed by atoms with van der Waals surface area (Å²) in [5, 5.41) is 6.10. The Hall–Kier alpha value is -2.35. The van der Waals surface area contributed by atoms with Crippen molar-refractivity contribution < 1.29 is 13.2 Å². The van der Waals surface area contributed by atoms with E-state index < -0.39 is 10.0 Å². The number of sulfonamides is 1. The summed E-state index contributed by atoms with van der Waals surface area (Å²) in [4.78, 5) is 13.3. The van der Waals surface area contributed by atoms with E-state index in [1.165, 1.54) is 12.4 Å². The Labute approximate surface area is 122 Å². The number of anilines is 2. The molecule has 0 saturated heterocycles. The molecule has 0 fully saturated rings. The second kappa shape index (κ2) is 4.88. The maximum absolute atomic E-state index is 12.1. The first-order valence-corrected chi connectivity index (χ1v) is 7.87. The molecule has 0 saturated carbocycles. The number of carbonyl (C=O) groups is 1. The first-order chi connectivity index (χ1) is 9.97. The maximum atomic E-state index is 12.1. The molecular formula is C13H14N4O3S. The Morgan fingerprint density at radius 2 is 2.14 bits per heavy atom. The van der Waals surface area contributed by atoms with Crippen LogP contribution in [0.2, 0.25) is 0 Å². The van der Waals surface area contributed by atoms with Crippen LogP contribution >= 0.6 is 0 Å². The molecule has 1 aromatic heterocycles. The fourth-order valence-electron chi connectivity index (χ4n) is 2.32. The summed E-state index contributed by atoms with van der Waals surface area (Å²) < 4.78 is 26.7. The number of nitrogens with one attached hydrogen (secondary N) is 2. The van der Waals surface area contributed by atoms with E-state index in [0.717, 1.165) is 11.3 Å². The number of rotatable bonds is 3. The van der Waals surface area contributed by atoms with Crippen LogP contribution in [0.4, 0.5) is 11.4 Å². The third kappa shape index (κ3) is 2.49. The van der Waals surface area contributed by atoms with Gasteiger partial charge in [-0.2, -0.15) is 5.10 Å². The largest absolute Gasteiger partial charge is 0.315 e. The van der Waals surface area contributed by atoms with Crippen LogP contribution in [0.1, 0.15) is 12.0 Å². The van der Waals surface area contributed by atoms with Crippen molar-refractivity contribution in [3.63, 3.8) is 0 Å². The summed E-state index contributed by atoms with van der Waals surface area (Å²) in [6.45, 7) is 0. The molecule has 3 rings (SSSR count). The van der Waals surface area contributed by atoms with Crippen molar-refractivity contribution >= 4 is 27.3 Å². The Bertz CT molecular complexity index is 784. The molecule has 8 heteroatoms. The zero-order valence-corrected chi connectivity index (χ0v) is 12.1. The normalized spacial score (nSPS) is 14.9. The number of fused-ring (bicyclic) bond motifs is 1. The highest BCUT2D eigenvalue weighted by atomic mass is 32.2. The smallest absolute Gasteiger partial charge is 0.265 e. The molecule has 2 N–H and O–H groups in total. The minimum Gasteiger partial charge on any atom is -0.315 e. The quantitative estimate of drug-likeness (QED) is 0.888. The van der Waals surface area contributed by atoms with Crippen molar-refractivity contribution in [3.8, 4) is 0 Å². The summed E-state index contributed by atoms with van der Waals surface area (Å²) in [5.41, 5.74) is 2.24. The van der Waals surface area contributed by atoms with Gasteiger partial charge < -0.3 is 4.90 Å². The number of aryl methyl sites for hydroxylation is 1. The Balaban J connectivity index is 1.90. The van der Waals surface area contributed by atoms with Crippen LogP contribution in [0.15, 0.2) is 35.5 Å². The second-order valence-electron chi connectivity index (χ2n) is 4.84. The molecule has 2 aromatic rings.